The molecule has 5 rings (SSSR count). The smallest absolute Gasteiger partial charge is 0.265 e. The van der Waals surface area contributed by atoms with Crippen LogP contribution in [0.4, 0.5) is 5.69 Å². The van der Waals surface area contributed by atoms with E-state index < -0.39 is 0 Å². The molecule has 1 atom stereocenters. The molecule has 1 N–H and O–H groups in total. The molecule has 1 aliphatic heterocycles. The highest BCUT2D eigenvalue weighted by Gasteiger charge is 2.29. The number of amides is 1. The molecule has 0 fully saturated rings. The van der Waals surface area contributed by atoms with Crippen LogP contribution in [0.25, 0.3) is 16.7 Å². The van der Waals surface area contributed by atoms with Crippen LogP contribution >= 0.6 is 11.8 Å². The van der Waals surface area contributed by atoms with Crippen molar-refractivity contribution in [1.29, 1.82) is 0 Å². The molecule has 0 spiro atoms. The number of thioether (sulfide) groups is 1. The first kappa shape index (κ1) is 21.5. The van der Waals surface area contributed by atoms with Gasteiger partial charge in [0.2, 0.25) is 5.91 Å². The van der Waals surface area contributed by atoms with Crippen LogP contribution in [0.1, 0.15) is 34.7 Å². The van der Waals surface area contributed by atoms with Gasteiger partial charge in [0, 0.05) is 17.9 Å². The van der Waals surface area contributed by atoms with Gasteiger partial charge in [0.05, 0.1) is 17.9 Å². The summed E-state index contributed by atoms with van der Waals surface area (Å²) in [6, 6.07) is 11.7. The minimum atomic E-state index is -0.245. The summed E-state index contributed by atoms with van der Waals surface area (Å²) in [5.74, 6) is 0.515. The lowest BCUT2D eigenvalue weighted by Crippen LogP contribution is -2.27. The van der Waals surface area contributed by atoms with Crippen LogP contribution in [0.15, 0.2) is 52.5 Å². The van der Waals surface area contributed by atoms with E-state index in [0.29, 0.717) is 21.9 Å². The van der Waals surface area contributed by atoms with Crippen LogP contribution in [0.3, 0.4) is 0 Å². The summed E-state index contributed by atoms with van der Waals surface area (Å²) in [7, 11) is 0. The molecule has 2 aromatic carbocycles. The first-order valence-corrected chi connectivity index (χ1v) is 11.9. The maximum atomic E-state index is 13.3. The van der Waals surface area contributed by atoms with E-state index in [4.69, 9.17) is 4.98 Å². The van der Waals surface area contributed by atoms with Crippen LogP contribution in [0.5, 0.6) is 0 Å². The highest BCUT2D eigenvalue weighted by atomic mass is 32.2. The molecule has 7 nitrogen and oxygen atoms in total. The number of fused-ring (bicyclic) bond motifs is 2. The monoisotopic (exact) mass is 459 g/mol. The van der Waals surface area contributed by atoms with Gasteiger partial charge in [0.1, 0.15) is 5.39 Å². The molecule has 1 unspecified atom stereocenters. The SMILES string of the molecule is Cc1ccc(NC(=O)CC2CSc3nc4c(cnn4-c4ccc(C)c(C)c4)c(=O)n32)cc1C. The fourth-order valence-electron chi connectivity index (χ4n) is 4.07. The molecule has 1 aliphatic rings. The zero-order chi connectivity index (χ0) is 23.3. The van der Waals surface area contributed by atoms with E-state index in [9.17, 15) is 9.59 Å². The number of aromatic nitrogens is 4. The van der Waals surface area contributed by atoms with Crippen molar-refractivity contribution in [3.05, 3.63) is 75.2 Å². The van der Waals surface area contributed by atoms with Crippen molar-refractivity contribution in [2.24, 2.45) is 0 Å². The Hall–Kier alpha value is -3.39. The molecule has 168 valence electrons. The Bertz CT molecular complexity index is 1470. The van der Waals surface area contributed by atoms with Crippen molar-refractivity contribution in [1.82, 2.24) is 19.3 Å². The number of carbonyl (C=O) groups is 1. The number of rotatable bonds is 4. The summed E-state index contributed by atoms with van der Waals surface area (Å²) in [6.07, 6.45) is 1.79. The quantitative estimate of drug-likeness (QED) is 0.455. The predicted molar refractivity (Wildman–Crippen MR) is 132 cm³/mol. The van der Waals surface area contributed by atoms with Crippen LogP contribution < -0.4 is 10.9 Å². The van der Waals surface area contributed by atoms with E-state index in [1.165, 1.54) is 22.9 Å². The fraction of sp³-hybridized carbons (Fsp3) is 0.280. The van der Waals surface area contributed by atoms with Crippen LogP contribution in [-0.2, 0) is 4.79 Å². The second kappa shape index (κ2) is 8.19. The molecule has 8 heteroatoms. The third kappa shape index (κ3) is 3.84. The van der Waals surface area contributed by atoms with Crippen molar-refractivity contribution < 1.29 is 4.79 Å². The molecular formula is C25H25N5O2S. The van der Waals surface area contributed by atoms with Crippen molar-refractivity contribution in [2.75, 3.05) is 11.1 Å². The molecule has 2 aromatic heterocycles. The Kier molecular flexibility index (Phi) is 5.32. The van der Waals surface area contributed by atoms with Gasteiger partial charge >= 0.3 is 0 Å². The number of aryl methyl sites for hydroxylation is 4. The highest BCUT2D eigenvalue weighted by Crippen LogP contribution is 2.33. The van der Waals surface area contributed by atoms with Gasteiger partial charge in [-0.25, -0.2) is 9.67 Å². The first-order chi connectivity index (χ1) is 15.8. The Morgan fingerprint density at radius 3 is 2.52 bits per heavy atom. The van der Waals surface area contributed by atoms with Crippen molar-refractivity contribution in [3.8, 4) is 5.69 Å². The third-order valence-corrected chi connectivity index (χ3v) is 7.42. The molecule has 0 bridgehead atoms. The molecule has 1 amide bonds. The fourth-order valence-corrected chi connectivity index (χ4v) is 5.20. The summed E-state index contributed by atoms with van der Waals surface area (Å²) in [4.78, 5) is 30.8. The van der Waals surface area contributed by atoms with Gasteiger partial charge in [-0.05, 0) is 74.2 Å². The Morgan fingerprint density at radius 1 is 1.06 bits per heavy atom. The summed E-state index contributed by atoms with van der Waals surface area (Å²) in [5.41, 5.74) is 6.68. The van der Waals surface area contributed by atoms with Gasteiger partial charge in [-0.15, -0.1) is 0 Å². The van der Waals surface area contributed by atoms with Crippen molar-refractivity contribution in [2.45, 2.75) is 45.3 Å². The van der Waals surface area contributed by atoms with E-state index in [1.54, 1.807) is 15.4 Å². The molecule has 0 saturated carbocycles. The Morgan fingerprint density at radius 2 is 1.79 bits per heavy atom. The Labute approximate surface area is 195 Å². The lowest BCUT2D eigenvalue weighted by atomic mass is 10.1. The van der Waals surface area contributed by atoms with E-state index in [-0.39, 0.29) is 23.9 Å². The number of hydrogen-bond donors (Lipinski definition) is 1. The minimum Gasteiger partial charge on any atom is -0.326 e. The molecule has 0 radical (unpaired) electrons. The van der Waals surface area contributed by atoms with Gasteiger partial charge < -0.3 is 5.32 Å². The van der Waals surface area contributed by atoms with Crippen LogP contribution in [-0.4, -0.2) is 31.0 Å². The normalized spacial score (nSPS) is 15.1. The number of benzene rings is 2. The topological polar surface area (TPSA) is 81.8 Å². The standard InChI is InChI=1S/C25H25N5O2S/c1-14-5-7-18(9-16(14)3)27-22(31)11-20-13-33-25-28-23-21(24(32)29(20)25)12-26-30(23)19-8-6-15(2)17(4)10-19/h5-10,12,20H,11,13H2,1-4H3,(H,27,31). The van der Waals surface area contributed by atoms with Gasteiger partial charge in [-0.3, -0.25) is 14.2 Å². The molecule has 0 saturated heterocycles. The first-order valence-electron chi connectivity index (χ1n) is 10.9. The zero-order valence-electron chi connectivity index (χ0n) is 19.0. The number of nitrogens with zero attached hydrogens (tertiary/aromatic N) is 4. The van der Waals surface area contributed by atoms with Gasteiger partial charge in [0.25, 0.3) is 5.56 Å². The summed E-state index contributed by atoms with van der Waals surface area (Å²) in [6.45, 7) is 8.16. The maximum absolute atomic E-state index is 13.3. The van der Waals surface area contributed by atoms with E-state index in [0.717, 1.165) is 22.5 Å². The average molecular weight is 460 g/mol. The number of carbonyl (C=O) groups excluding carboxylic acids is 1. The number of nitrogens with one attached hydrogen (secondary N) is 1. The minimum absolute atomic E-state index is 0.116. The average Bonchev–Trinajstić information content (AvgIpc) is 3.38. The third-order valence-electron chi connectivity index (χ3n) is 6.32. The summed E-state index contributed by atoms with van der Waals surface area (Å²) >= 11 is 1.50. The molecule has 3 heterocycles. The van der Waals surface area contributed by atoms with Gasteiger partial charge in [-0.1, -0.05) is 23.9 Å². The lowest BCUT2D eigenvalue weighted by Gasteiger charge is -2.14. The molecule has 33 heavy (non-hydrogen) atoms. The largest absolute Gasteiger partial charge is 0.326 e. The van der Waals surface area contributed by atoms with Crippen LogP contribution in [0, 0.1) is 27.7 Å². The van der Waals surface area contributed by atoms with E-state index >= 15 is 0 Å². The zero-order valence-corrected chi connectivity index (χ0v) is 19.9. The second-order valence-corrected chi connectivity index (χ2v) is 9.64. The molecule has 0 aliphatic carbocycles. The lowest BCUT2D eigenvalue weighted by molar-refractivity contribution is -0.116. The molecule has 4 aromatic rings. The van der Waals surface area contributed by atoms with Crippen molar-refractivity contribution in [3.63, 3.8) is 0 Å². The summed E-state index contributed by atoms with van der Waals surface area (Å²) < 4.78 is 3.36. The van der Waals surface area contributed by atoms with E-state index in [2.05, 4.69) is 17.3 Å². The van der Waals surface area contributed by atoms with Crippen LogP contribution in [0.2, 0.25) is 0 Å². The highest BCUT2D eigenvalue weighted by molar-refractivity contribution is 7.99. The van der Waals surface area contributed by atoms with Gasteiger partial charge in [0.15, 0.2) is 10.8 Å². The van der Waals surface area contributed by atoms with Crippen molar-refractivity contribution >= 4 is 34.4 Å². The Balaban J connectivity index is 1.44. The molecular weight excluding hydrogens is 434 g/mol. The summed E-state index contributed by atoms with van der Waals surface area (Å²) in [5, 5.41) is 8.49. The predicted octanol–water partition coefficient (Wildman–Crippen LogP) is 4.49. The second-order valence-electron chi connectivity index (χ2n) is 8.65. The maximum Gasteiger partial charge on any atom is 0.265 e. The van der Waals surface area contributed by atoms with E-state index in [1.807, 2.05) is 57.2 Å². The van der Waals surface area contributed by atoms with Gasteiger partial charge in [-0.2, -0.15) is 5.10 Å². The number of anilines is 1. The number of hydrogen-bond acceptors (Lipinski definition) is 5.